The van der Waals surface area contributed by atoms with Gasteiger partial charge < -0.3 is 9.15 Å². The molecule has 3 rings (SSSR count). The van der Waals surface area contributed by atoms with Gasteiger partial charge in [0.2, 0.25) is 5.43 Å². The number of benzene rings is 2. The van der Waals surface area contributed by atoms with E-state index in [-0.39, 0.29) is 5.43 Å². The van der Waals surface area contributed by atoms with E-state index in [1.165, 1.54) is 19.3 Å². The minimum atomic E-state index is -0.00622. The molecule has 0 aliphatic heterocycles. The summed E-state index contributed by atoms with van der Waals surface area (Å²) in [5, 5.41) is 1.18. The highest BCUT2D eigenvalue weighted by Crippen LogP contribution is 2.22. The second-order valence-corrected chi connectivity index (χ2v) is 5.49. The van der Waals surface area contributed by atoms with Gasteiger partial charge in [-0.1, -0.05) is 38.3 Å². The van der Waals surface area contributed by atoms with Gasteiger partial charge in [0.25, 0.3) is 0 Å². The zero-order valence-corrected chi connectivity index (χ0v) is 12.8. The number of unbranched alkanes of at least 4 members (excludes halogenated alkanes) is 3. The standard InChI is InChI=1S/C19H20O3/c1-2-3-4-7-12-21-14-10-11-18-16(13-14)19(20)15-8-5-6-9-17(15)22-18/h5-6,8-11,13H,2-4,7,12H2,1H3. The highest BCUT2D eigenvalue weighted by molar-refractivity contribution is 5.90. The van der Waals surface area contributed by atoms with E-state index >= 15 is 0 Å². The maximum Gasteiger partial charge on any atom is 0.200 e. The predicted molar refractivity (Wildman–Crippen MR) is 89.6 cm³/mol. The fourth-order valence-corrected chi connectivity index (χ4v) is 2.59. The Labute approximate surface area is 129 Å². The average Bonchev–Trinajstić information content (AvgIpc) is 2.55. The first-order valence-corrected chi connectivity index (χ1v) is 7.88. The fraction of sp³-hybridized carbons (Fsp3) is 0.316. The summed E-state index contributed by atoms with van der Waals surface area (Å²) in [6, 6.07) is 12.8. The Morgan fingerprint density at radius 2 is 1.77 bits per heavy atom. The van der Waals surface area contributed by atoms with Crippen LogP contribution in [-0.2, 0) is 0 Å². The highest BCUT2D eigenvalue weighted by Gasteiger charge is 2.08. The van der Waals surface area contributed by atoms with Crippen LogP contribution in [0.15, 0.2) is 51.7 Å². The number of para-hydroxylation sites is 1. The largest absolute Gasteiger partial charge is 0.494 e. The molecule has 0 N–H and O–H groups in total. The van der Waals surface area contributed by atoms with Crippen LogP contribution in [0.5, 0.6) is 5.75 Å². The van der Waals surface area contributed by atoms with Gasteiger partial charge in [0.15, 0.2) is 0 Å². The Morgan fingerprint density at radius 1 is 0.955 bits per heavy atom. The van der Waals surface area contributed by atoms with E-state index in [0.29, 0.717) is 28.5 Å². The van der Waals surface area contributed by atoms with Crippen molar-refractivity contribution in [3.63, 3.8) is 0 Å². The summed E-state index contributed by atoms with van der Waals surface area (Å²) in [5.41, 5.74) is 1.21. The number of hydrogen-bond donors (Lipinski definition) is 0. The van der Waals surface area contributed by atoms with Crippen LogP contribution in [0.3, 0.4) is 0 Å². The second kappa shape index (κ2) is 6.65. The molecule has 0 aliphatic rings. The molecule has 1 heterocycles. The van der Waals surface area contributed by atoms with E-state index in [4.69, 9.17) is 9.15 Å². The topological polar surface area (TPSA) is 39.4 Å². The summed E-state index contributed by atoms with van der Waals surface area (Å²) < 4.78 is 11.5. The molecular formula is C19H20O3. The first kappa shape index (κ1) is 14.6. The van der Waals surface area contributed by atoms with Crippen LogP contribution in [0.2, 0.25) is 0 Å². The highest BCUT2D eigenvalue weighted by atomic mass is 16.5. The normalized spacial score (nSPS) is 11.1. The second-order valence-electron chi connectivity index (χ2n) is 5.49. The molecule has 3 aromatic rings. The van der Waals surface area contributed by atoms with Gasteiger partial charge in [-0.25, -0.2) is 0 Å². The summed E-state index contributed by atoms with van der Waals surface area (Å²) in [6.45, 7) is 2.87. The van der Waals surface area contributed by atoms with Gasteiger partial charge in [-0.3, -0.25) is 4.79 Å². The van der Waals surface area contributed by atoms with Crippen molar-refractivity contribution in [2.24, 2.45) is 0 Å². The van der Waals surface area contributed by atoms with E-state index in [2.05, 4.69) is 6.92 Å². The first-order valence-electron chi connectivity index (χ1n) is 7.88. The van der Waals surface area contributed by atoms with E-state index < -0.39 is 0 Å². The molecule has 0 saturated carbocycles. The van der Waals surface area contributed by atoms with E-state index in [0.717, 1.165) is 12.2 Å². The van der Waals surface area contributed by atoms with Crippen molar-refractivity contribution in [2.45, 2.75) is 32.6 Å². The van der Waals surface area contributed by atoms with Crippen LogP contribution in [-0.4, -0.2) is 6.61 Å². The van der Waals surface area contributed by atoms with Crippen LogP contribution in [0.4, 0.5) is 0 Å². The lowest BCUT2D eigenvalue weighted by Gasteiger charge is -2.07. The number of ether oxygens (including phenoxy) is 1. The molecule has 0 amide bonds. The van der Waals surface area contributed by atoms with E-state index in [9.17, 15) is 4.79 Å². The minimum Gasteiger partial charge on any atom is -0.494 e. The first-order chi connectivity index (χ1) is 10.8. The molecular weight excluding hydrogens is 276 g/mol. The third-order valence-corrected chi connectivity index (χ3v) is 3.81. The molecule has 1 aromatic heterocycles. The zero-order chi connectivity index (χ0) is 15.4. The lowest BCUT2D eigenvalue weighted by Crippen LogP contribution is -2.03. The van der Waals surface area contributed by atoms with Crippen LogP contribution in [0.1, 0.15) is 32.6 Å². The van der Waals surface area contributed by atoms with Gasteiger partial charge in [0, 0.05) is 0 Å². The third-order valence-electron chi connectivity index (χ3n) is 3.81. The Balaban J connectivity index is 1.87. The summed E-state index contributed by atoms with van der Waals surface area (Å²) in [4.78, 5) is 12.5. The lowest BCUT2D eigenvalue weighted by atomic mass is 10.1. The zero-order valence-electron chi connectivity index (χ0n) is 12.8. The third kappa shape index (κ3) is 2.98. The Kier molecular flexibility index (Phi) is 4.42. The van der Waals surface area contributed by atoms with Crippen molar-refractivity contribution in [3.8, 4) is 5.75 Å². The number of hydrogen-bond acceptors (Lipinski definition) is 3. The van der Waals surface area contributed by atoms with Gasteiger partial charge in [-0.15, -0.1) is 0 Å². The molecule has 22 heavy (non-hydrogen) atoms. The molecule has 0 spiro atoms. The molecule has 0 fully saturated rings. The Morgan fingerprint density at radius 3 is 2.64 bits per heavy atom. The van der Waals surface area contributed by atoms with Crippen molar-refractivity contribution >= 4 is 21.9 Å². The molecule has 3 nitrogen and oxygen atoms in total. The maximum absolute atomic E-state index is 12.5. The molecule has 0 radical (unpaired) electrons. The van der Waals surface area contributed by atoms with Gasteiger partial charge in [-0.2, -0.15) is 0 Å². The van der Waals surface area contributed by atoms with Gasteiger partial charge >= 0.3 is 0 Å². The van der Waals surface area contributed by atoms with Gasteiger partial charge in [0.05, 0.1) is 17.4 Å². The monoisotopic (exact) mass is 296 g/mol. The molecule has 2 aromatic carbocycles. The van der Waals surface area contributed by atoms with Crippen LogP contribution in [0.25, 0.3) is 21.9 Å². The maximum atomic E-state index is 12.5. The average molecular weight is 296 g/mol. The quantitative estimate of drug-likeness (QED) is 0.479. The SMILES string of the molecule is CCCCCCOc1ccc2oc3ccccc3c(=O)c2c1. The molecule has 0 atom stereocenters. The summed E-state index contributed by atoms with van der Waals surface area (Å²) in [7, 11) is 0. The summed E-state index contributed by atoms with van der Waals surface area (Å²) in [6.07, 6.45) is 4.66. The van der Waals surface area contributed by atoms with Crippen molar-refractivity contribution in [1.82, 2.24) is 0 Å². The molecule has 114 valence electrons. The van der Waals surface area contributed by atoms with E-state index in [1.807, 2.05) is 30.3 Å². The summed E-state index contributed by atoms with van der Waals surface area (Å²) in [5.74, 6) is 0.728. The Hall–Kier alpha value is -2.29. The van der Waals surface area contributed by atoms with Crippen molar-refractivity contribution in [1.29, 1.82) is 0 Å². The van der Waals surface area contributed by atoms with Crippen LogP contribution < -0.4 is 10.2 Å². The summed E-state index contributed by atoms with van der Waals surface area (Å²) >= 11 is 0. The molecule has 0 unspecified atom stereocenters. The smallest absolute Gasteiger partial charge is 0.200 e. The number of fused-ring (bicyclic) bond motifs is 2. The molecule has 3 heteroatoms. The number of rotatable bonds is 6. The molecule has 0 aliphatic carbocycles. The fourth-order valence-electron chi connectivity index (χ4n) is 2.59. The van der Waals surface area contributed by atoms with Crippen molar-refractivity contribution in [3.05, 3.63) is 52.7 Å². The van der Waals surface area contributed by atoms with Gasteiger partial charge in [-0.05, 0) is 36.8 Å². The van der Waals surface area contributed by atoms with Crippen LogP contribution in [0, 0.1) is 0 Å². The molecule has 0 saturated heterocycles. The van der Waals surface area contributed by atoms with Crippen LogP contribution >= 0.6 is 0 Å². The van der Waals surface area contributed by atoms with E-state index in [1.54, 1.807) is 12.1 Å². The van der Waals surface area contributed by atoms with Gasteiger partial charge in [0.1, 0.15) is 16.9 Å². The molecule has 0 bridgehead atoms. The lowest BCUT2D eigenvalue weighted by molar-refractivity contribution is 0.305. The minimum absolute atomic E-state index is 0.00622. The van der Waals surface area contributed by atoms with Crippen molar-refractivity contribution in [2.75, 3.05) is 6.61 Å². The Bertz CT molecular complexity index is 833. The predicted octanol–water partition coefficient (Wildman–Crippen LogP) is 4.91. The van der Waals surface area contributed by atoms with Crippen molar-refractivity contribution < 1.29 is 9.15 Å².